The van der Waals surface area contributed by atoms with E-state index in [1.807, 2.05) is 36.4 Å². The van der Waals surface area contributed by atoms with Crippen LogP contribution in [0.25, 0.3) is 17.0 Å². The highest BCUT2D eigenvalue weighted by Crippen LogP contribution is 2.34. The van der Waals surface area contributed by atoms with Crippen LogP contribution in [0.4, 0.5) is 10.5 Å². The van der Waals surface area contributed by atoms with E-state index < -0.39 is 0 Å². The zero-order valence-corrected chi connectivity index (χ0v) is 22.2. The van der Waals surface area contributed by atoms with Crippen LogP contribution < -0.4 is 4.90 Å². The summed E-state index contributed by atoms with van der Waals surface area (Å²) in [5, 5.41) is 0.873. The van der Waals surface area contributed by atoms with E-state index in [4.69, 9.17) is 0 Å². The quantitative estimate of drug-likeness (QED) is 0.299. The molecule has 4 aromatic rings. The number of amides is 2. The van der Waals surface area contributed by atoms with Gasteiger partial charge in [-0.15, -0.1) is 0 Å². The molecule has 1 aromatic heterocycles. The Balaban J connectivity index is 1.16. The van der Waals surface area contributed by atoms with Gasteiger partial charge in [0.25, 0.3) is 11.1 Å². The molecule has 38 heavy (non-hydrogen) atoms. The van der Waals surface area contributed by atoms with Crippen molar-refractivity contribution in [3.05, 3.63) is 107 Å². The van der Waals surface area contributed by atoms with Gasteiger partial charge in [-0.25, -0.2) is 0 Å². The third-order valence-electron chi connectivity index (χ3n) is 7.29. The lowest BCUT2D eigenvalue weighted by molar-refractivity contribution is -0.124. The van der Waals surface area contributed by atoms with Gasteiger partial charge >= 0.3 is 0 Å². The largest absolute Gasteiger partial charge is 0.369 e. The molecular weight excluding hydrogens is 492 g/mol. The van der Waals surface area contributed by atoms with Crippen molar-refractivity contribution < 1.29 is 9.59 Å². The minimum absolute atomic E-state index is 0.199. The fraction of sp³-hybridized carbons (Fsp3) is 0.226. The first-order chi connectivity index (χ1) is 18.5. The molecule has 6 rings (SSSR count). The average molecular weight is 523 g/mol. The number of anilines is 1. The van der Waals surface area contributed by atoms with Gasteiger partial charge in [0.2, 0.25) is 0 Å². The summed E-state index contributed by atoms with van der Waals surface area (Å²) in [6.07, 6.45) is 3.96. The Bertz CT molecular complexity index is 1500. The molecule has 0 radical (unpaired) electrons. The van der Waals surface area contributed by atoms with Crippen LogP contribution in [0, 0.1) is 6.92 Å². The standard InChI is InChI=1S/C31H30N4O2S/c1-23-11-13-26(14-12-23)33-17-15-32(16-18-33)22-35-30(36)29(38-31(35)37)19-25-21-34(20-24-7-3-2-4-8-24)28-10-6-5-9-27(25)28/h2-14,19,21H,15-18,20,22H2,1H3/b29-19+. The third kappa shape index (κ3) is 4.99. The van der Waals surface area contributed by atoms with E-state index in [1.54, 1.807) is 0 Å². The van der Waals surface area contributed by atoms with Gasteiger partial charge in [0, 0.05) is 61.1 Å². The molecule has 0 saturated carbocycles. The fourth-order valence-electron chi connectivity index (χ4n) is 5.17. The number of piperazine rings is 1. The lowest BCUT2D eigenvalue weighted by Gasteiger charge is -2.37. The van der Waals surface area contributed by atoms with Crippen molar-refractivity contribution in [3.8, 4) is 0 Å². The highest BCUT2D eigenvalue weighted by Gasteiger charge is 2.36. The van der Waals surface area contributed by atoms with E-state index in [1.165, 1.54) is 21.7 Å². The molecule has 192 valence electrons. The summed E-state index contributed by atoms with van der Waals surface area (Å²) < 4.78 is 2.20. The monoisotopic (exact) mass is 522 g/mol. The first kappa shape index (κ1) is 24.5. The van der Waals surface area contributed by atoms with Gasteiger partial charge < -0.3 is 9.47 Å². The average Bonchev–Trinajstić information content (AvgIpc) is 3.42. The van der Waals surface area contributed by atoms with Crippen molar-refractivity contribution in [1.82, 2.24) is 14.4 Å². The summed E-state index contributed by atoms with van der Waals surface area (Å²) in [5.74, 6) is -0.208. The minimum atomic E-state index is -0.208. The zero-order chi connectivity index (χ0) is 26.1. The van der Waals surface area contributed by atoms with E-state index in [2.05, 4.69) is 76.0 Å². The van der Waals surface area contributed by atoms with Crippen molar-refractivity contribution >= 4 is 45.6 Å². The Morgan fingerprint density at radius 3 is 2.32 bits per heavy atom. The van der Waals surface area contributed by atoms with Crippen LogP contribution >= 0.6 is 11.8 Å². The Morgan fingerprint density at radius 2 is 1.55 bits per heavy atom. The van der Waals surface area contributed by atoms with E-state index in [0.29, 0.717) is 11.6 Å². The van der Waals surface area contributed by atoms with Crippen LogP contribution in [0.1, 0.15) is 16.7 Å². The van der Waals surface area contributed by atoms with Crippen LogP contribution in [0.15, 0.2) is 90.0 Å². The zero-order valence-electron chi connectivity index (χ0n) is 21.4. The Labute approximate surface area is 227 Å². The Hall–Kier alpha value is -3.81. The first-order valence-electron chi connectivity index (χ1n) is 13.0. The molecule has 3 aromatic carbocycles. The van der Waals surface area contributed by atoms with Gasteiger partial charge in [0.15, 0.2) is 0 Å². The molecular formula is C31H30N4O2S. The van der Waals surface area contributed by atoms with Crippen molar-refractivity contribution in [3.63, 3.8) is 0 Å². The van der Waals surface area contributed by atoms with Crippen molar-refractivity contribution in [2.45, 2.75) is 13.5 Å². The number of hydrogen-bond donors (Lipinski definition) is 0. The highest BCUT2D eigenvalue weighted by molar-refractivity contribution is 8.18. The molecule has 0 N–H and O–H groups in total. The maximum absolute atomic E-state index is 13.3. The topological polar surface area (TPSA) is 48.8 Å². The van der Waals surface area contributed by atoms with E-state index in [-0.39, 0.29) is 11.1 Å². The van der Waals surface area contributed by atoms with Crippen molar-refractivity contribution in [2.24, 2.45) is 0 Å². The summed E-state index contributed by atoms with van der Waals surface area (Å²) in [6, 6.07) is 27.1. The van der Waals surface area contributed by atoms with Crippen LogP contribution in [0.3, 0.4) is 0 Å². The van der Waals surface area contributed by atoms with Crippen molar-refractivity contribution in [2.75, 3.05) is 37.7 Å². The number of nitrogens with zero attached hydrogens (tertiary/aromatic N) is 4. The number of imide groups is 1. The van der Waals surface area contributed by atoms with Crippen LogP contribution in [0.5, 0.6) is 0 Å². The Morgan fingerprint density at radius 1 is 0.842 bits per heavy atom. The maximum Gasteiger partial charge on any atom is 0.294 e. The normalized spacial score (nSPS) is 17.8. The lowest BCUT2D eigenvalue weighted by Crippen LogP contribution is -2.50. The summed E-state index contributed by atoms with van der Waals surface area (Å²) in [5.41, 5.74) is 5.74. The molecule has 2 saturated heterocycles. The van der Waals surface area contributed by atoms with Gasteiger partial charge in [-0.3, -0.25) is 19.4 Å². The van der Waals surface area contributed by atoms with Crippen LogP contribution in [-0.4, -0.2) is 58.4 Å². The molecule has 7 heteroatoms. The number of hydrogen-bond acceptors (Lipinski definition) is 5. The molecule has 2 fully saturated rings. The SMILES string of the molecule is Cc1ccc(N2CCN(CN3C(=O)S/C(=C/c4cn(Cc5ccccc5)c5ccccc45)C3=O)CC2)cc1. The van der Waals surface area contributed by atoms with Gasteiger partial charge in [-0.05, 0) is 48.5 Å². The molecule has 0 spiro atoms. The number of aryl methyl sites for hydroxylation is 1. The summed E-state index contributed by atoms with van der Waals surface area (Å²) in [6.45, 7) is 6.52. The predicted octanol–water partition coefficient (Wildman–Crippen LogP) is 5.81. The molecule has 2 aliphatic rings. The predicted molar refractivity (Wildman–Crippen MR) is 155 cm³/mol. The summed E-state index contributed by atoms with van der Waals surface area (Å²) in [7, 11) is 0. The minimum Gasteiger partial charge on any atom is -0.369 e. The smallest absolute Gasteiger partial charge is 0.294 e. The van der Waals surface area contributed by atoms with E-state index in [0.717, 1.165) is 61.0 Å². The molecule has 2 amide bonds. The Kier molecular flexibility index (Phi) is 6.79. The number of rotatable bonds is 6. The van der Waals surface area contributed by atoms with Crippen molar-refractivity contribution in [1.29, 1.82) is 0 Å². The molecule has 0 atom stereocenters. The number of thioether (sulfide) groups is 1. The van der Waals surface area contributed by atoms with Crippen LogP contribution in [0.2, 0.25) is 0 Å². The molecule has 0 unspecified atom stereocenters. The second-order valence-electron chi connectivity index (χ2n) is 9.91. The van der Waals surface area contributed by atoms with Gasteiger partial charge in [0.1, 0.15) is 0 Å². The molecule has 2 aliphatic heterocycles. The second-order valence-corrected chi connectivity index (χ2v) is 10.9. The summed E-state index contributed by atoms with van der Waals surface area (Å²) >= 11 is 1.04. The van der Waals surface area contributed by atoms with Crippen LogP contribution in [-0.2, 0) is 11.3 Å². The maximum atomic E-state index is 13.3. The molecule has 0 bridgehead atoms. The third-order valence-corrected chi connectivity index (χ3v) is 8.20. The van der Waals surface area contributed by atoms with E-state index in [9.17, 15) is 9.59 Å². The van der Waals surface area contributed by atoms with Gasteiger partial charge in [-0.1, -0.05) is 66.2 Å². The molecule has 6 nitrogen and oxygen atoms in total. The van der Waals surface area contributed by atoms with E-state index >= 15 is 0 Å². The molecule has 0 aliphatic carbocycles. The first-order valence-corrected chi connectivity index (χ1v) is 13.8. The number of para-hydroxylation sites is 1. The number of aromatic nitrogens is 1. The lowest BCUT2D eigenvalue weighted by atomic mass is 10.1. The second kappa shape index (κ2) is 10.5. The number of fused-ring (bicyclic) bond motifs is 1. The number of benzene rings is 3. The fourth-order valence-corrected chi connectivity index (χ4v) is 5.99. The number of carbonyl (C=O) groups is 2. The number of carbonyl (C=O) groups excluding carboxylic acids is 2. The van der Waals surface area contributed by atoms with Gasteiger partial charge in [-0.2, -0.15) is 0 Å². The summed E-state index contributed by atoms with van der Waals surface area (Å²) in [4.78, 5) is 32.6. The highest BCUT2D eigenvalue weighted by atomic mass is 32.2. The molecule has 3 heterocycles. The van der Waals surface area contributed by atoms with Gasteiger partial charge in [0.05, 0.1) is 11.6 Å².